The maximum Gasteiger partial charge on any atom is 0.230 e. The molecule has 0 aliphatic heterocycles. The minimum Gasteiger partial charge on any atom is -0.340 e. The standard InChI is InChI=1S/C14H29N3O2/c1-11(2)15-6-8-17(9-7-16-12(3)4)14(19)10-13(5)18/h11-12,15-16H,6-10H2,1-5H3. The molecule has 0 rings (SSSR count). The smallest absolute Gasteiger partial charge is 0.230 e. The van der Waals surface area contributed by atoms with Crippen LogP contribution in [0.3, 0.4) is 0 Å². The molecule has 0 unspecified atom stereocenters. The van der Waals surface area contributed by atoms with Gasteiger partial charge in [0.25, 0.3) is 0 Å². The van der Waals surface area contributed by atoms with Gasteiger partial charge in [0.1, 0.15) is 5.78 Å². The van der Waals surface area contributed by atoms with Gasteiger partial charge < -0.3 is 15.5 Å². The van der Waals surface area contributed by atoms with Crippen LogP contribution in [-0.2, 0) is 9.59 Å². The summed E-state index contributed by atoms with van der Waals surface area (Å²) in [5.41, 5.74) is 0. The summed E-state index contributed by atoms with van der Waals surface area (Å²) < 4.78 is 0. The van der Waals surface area contributed by atoms with Crippen molar-refractivity contribution in [1.82, 2.24) is 15.5 Å². The van der Waals surface area contributed by atoms with Gasteiger partial charge in [-0.25, -0.2) is 0 Å². The zero-order valence-corrected chi connectivity index (χ0v) is 13.0. The third-order valence-corrected chi connectivity index (χ3v) is 2.62. The number of nitrogens with zero attached hydrogens (tertiary/aromatic N) is 1. The van der Waals surface area contributed by atoms with E-state index in [1.807, 2.05) is 0 Å². The Morgan fingerprint density at radius 1 is 0.947 bits per heavy atom. The molecule has 0 aromatic heterocycles. The number of ketones is 1. The third-order valence-electron chi connectivity index (χ3n) is 2.62. The van der Waals surface area contributed by atoms with E-state index in [4.69, 9.17) is 0 Å². The van der Waals surface area contributed by atoms with Crippen LogP contribution in [0.25, 0.3) is 0 Å². The van der Waals surface area contributed by atoms with E-state index in [0.717, 1.165) is 13.1 Å². The van der Waals surface area contributed by atoms with Gasteiger partial charge in [-0.2, -0.15) is 0 Å². The van der Waals surface area contributed by atoms with E-state index in [9.17, 15) is 9.59 Å². The van der Waals surface area contributed by atoms with Gasteiger partial charge in [0.05, 0.1) is 6.42 Å². The number of amides is 1. The van der Waals surface area contributed by atoms with Gasteiger partial charge in [-0.05, 0) is 6.92 Å². The molecule has 0 saturated heterocycles. The minimum absolute atomic E-state index is 0.00333. The van der Waals surface area contributed by atoms with Crippen molar-refractivity contribution < 1.29 is 9.59 Å². The highest BCUT2D eigenvalue weighted by Crippen LogP contribution is 1.95. The molecule has 0 aromatic rings. The summed E-state index contributed by atoms with van der Waals surface area (Å²) in [5.74, 6) is -0.160. The first-order valence-electron chi connectivity index (χ1n) is 7.07. The van der Waals surface area contributed by atoms with Crippen LogP contribution in [0.5, 0.6) is 0 Å². The van der Waals surface area contributed by atoms with Gasteiger partial charge >= 0.3 is 0 Å². The summed E-state index contributed by atoms with van der Waals surface area (Å²) in [7, 11) is 0. The summed E-state index contributed by atoms with van der Waals surface area (Å²) in [6, 6.07) is 0.803. The lowest BCUT2D eigenvalue weighted by Crippen LogP contribution is -2.43. The third kappa shape index (κ3) is 10.7. The van der Waals surface area contributed by atoms with Gasteiger partial charge in [0.2, 0.25) is 5.91 Å². The molecule has 5 nitrogen and oxygen atoms in total. The molecule has 0 aromatic carbocycles. The van der Waals surface area contributed by atoms with Crippen LogP contribution in [0.4, 0.5) is 0 Å². The Balaban J connectivity index is 4.20. The van der Waals surface area contributed by atoms with Crippen LogP contribution in [0.1, 0.15) is 41.0 Å². The van der Waals surface area contributed by atoms with Crippen molar-refractivity contribution in [3.05, 3.63) is 0 Å². The summed E-state index contributed by atoms with van der Waals surface area (Å²) in [6.45, 7) is 12.5. The Morgan fingerprint density at radius 2 is 1.37 bits per heavy atom. The number of Topliss-reactive ketones (excluding diaryl/α,β-unsaturated/α-hetero) is 1. The lowest BCUT2D eigenvalue weighted by molar-refractivity contribution is -0.134. The number of carbonyl (C=O) groups excluding carboxylic acids is 2. The fraction of sp³-hybridized carbons (Fsp3) is 0.857. The maximum absolute atomic E-state index is 12.0. The predicted molar refractivity (Wildman–Crippen MR) is 78.2 cm³/mol. The molecule has 0 atom stereocenters. The summed E-state index contributed by atoms with van der Waals surface area (Å²) in [4.78, 5) is 24.8. The highest BCUT2D eigenvalue weighted by molar-refractivity contribution is 5.96. The summed E-state index contributed by atoms with van der Waals surface area (Å²) >= 11 is 0. The quantitative estimate of drug-likeness (QED) is 0.577. The van der Waals surface area contributed by atoms with Gasteiger partial charge in [-0.3, -0.25) is 9.59 Å². The van der Waals surface area contributed by atoms with Crippen LogP contribution in [0.2, 0.25) is 0 Å². The number of nitrogens with one attached hydrogen (secondary N) is 2. The second kappa shape index (κ2) is 9.92. The SMILES string of the molecule is CC(=O)CC(=O)N(CCNC(C)C)CCNC(C)C. The average molecular weight is 271 g/mol. The second-order valence-electron chi connectivity index (χ2n) is 5.48. The molecule has 0 radical (unpaired) electrons. The first kappa shape index (κ1) is 18.1. The normalized spacial score (nSPS) is 11.1. The van der Waals surface area contributed by atoms with E-state index in [1.54, 1.807) is 4.90 Å². The van der Waals surface area contributed by atoms with E-state index in [2.05, 4.69) is 38.3 Å². The zero-order chi connectivity index (χ0) is 14.8. The largest absolute Gasteiger partial charge is 0.340 e. The van der Waals surface area contributed by atoms with Gasteiger partial charge in [0.15, 0.2) is 0 Å². The van der Waals surface area contributed by atoms with Gasteiger partial charge in [0, 0.05) is 38.3 Å². The van der Waals surface area contributed by atoms with Gasteiger partial charge in [-0.15, -0.1) is 0 Å². The minimum atomic E-state index is -0.0800. The number of carbonyl (C=O) groups is 2. The first-order chi connectivity index (χ1) is 8.82. The van der Waals surface area contributed by atoms with Crippen molar-refractivity contribution >= 4 is 11.7 Å². The Hall–Kier alpha value is -0.940. The van der Waals surface area contributed by atoms with Crippen LogP contribution < -0.4 is 10.6 Å². The van der Waals surface area contributed by atoms with Crippen molar-refractivity contribution in [2.45, 2.75) is 53.1 Å². The molecular formula is C14H29N3O2. The second-order valence-corrected chi connectivity index (χ2v) is 5.48. The van der Waals surface area contributed by atoms with Crippen LogP contribution in [-0.4, -0.2) is 54.9 Å². The molecule has 0 aliphatic carbocycles. The number of hydrogen-bond acceptors (Lipinski definition) is 4. The monoisotopic (exact) mass is 271 g/mol. The molecule has 2 N–H and O–H groups in total. The van der Waals surface area contributed by atoms with E-state index >= 15 is 0 Å². The first-order valence-corrected chi connectivity index (χ1v) is 7.07. The molecule has 0 heterocycles. The molecule has 0 aliphatic rings. The fourth-order valence-electron chi connectivity index (χ4n) is 1.66. The molecule has 112 valence electrons. The van der Waals surface area contributed by atoms with E-state index < -0.39 is 0 Å². The maximum atomic E-state index is 12.0. The molecule has 0 saturated carbocycles. The number of hydrogen-bond donors (Lipinski definition) is 2. The van der Waals surface area contributed by atoms with Crippen molar-refractivity contribution in [1.29, 1.82) is 0 Å². The summed E-state index contributed by atoms with van der Waals surface area (Å²) in [5, 5.41) is 6.57. The van der Waals surface area contributed by atoms with Crippen LogP contribution in [0, 0.1) is 0 Å². The highest BCUT2D eigenvalue weighted by atomic mass is 16.2. The lowest BCUT2D eigenvalue weighted by Gasteiger charge is -2.24. The molecular weight excluding hydrogens is 242 g/mol. The Bertz CT molecular complexity index is 264. The number of rotatable bonds is 10. The van der Waals surface area contributed by atoms with Crippen molar-refractivity contribution in [3.63, 3.8) is 0 Å². The lowest BCUT2D eigenvalue weighted by atomic mass is 10.2. The van der Waals surface area contributed by atoms with Crippen molar-refractivity contribution in [2.24, 2.45) is 0 Å². The van der Waals surface area contributed by atoms with E-state index in [0.29, 0.717) is 25.2 Å². The molecule has 5 heteroatoms. The molecule has 19 heavy (non-hydrogen) atoms. The Labute approximate surface area is 117 Å². The van der Waals surface area contributed by atoms with Crippen LogP contribution in [0.15, 0.2) is 0 Å². The predicted octanol–water partition coefficient (Wildman–Crippen LogP) is 0.790. The van der Waals surface area contributed by atoms with Crippen LogP contribution >= 0.6 is 0 Å². The molecule has 0 spiro atoms. The van der Waals surface area contributed by atoms with Crippen molar-refractivity contribution in [3.8, 4) is 0 Å². The van der Waals surface area contributed by atoms with E-state index in [1.165, 1.54) is 6.92 Å². The highest BCUT2D eigenvalue weighted by Gasteiger charge is 2.14. The molecule has 0 fully saturated rings. The van der Waals surface area contributed by atoms with E-state index in [-0.39, 0.29) is 18.1 Å². The van der Waals surface area contributed by atoms with Crippen molar-refractivity contribution in [2.75, 3.05) is 26.2 Å². The zero-order valence-electron chi connectivity index (χ0n) is 13.0. The molecule has 1 amide bonds. The topological polar surface area (TPSA) is 61.4 Å². The molecule has 0 bridgehead atoms. The Morgan fingerprint density at radius 3 is 1.68 bits per heavy atom. The summed E-state index contributed by atoms with van der Waals surface area (Å²) in [6.07, 6.45) is 0.00333. The Kier molecular flexibility index (Phi) is 9.43. The average Bonchev–Trinajstić information content (AvgIpc) is 2.25. The fourth-order valence-corrected chi connectivity index (χ4v) is 1.66. The van der Waals surface area contributed by atoms with Gasteiger partial charge in [-0.1, -0.05) is 27.7 Å².